The molecule has 0 heterocycles. The molecule has 0 aliphatic rings. The van der Waals surface area contributed by atoms with E-state index in [4.69, 9.17) is 0 Å². The normalized spacial score (nSPS) is 10.7. The van der Waals surface area contributed by atoms with Gasteiger partial charge in [-0.25, -0.2) is 0 Å². The molecular formula is C19H15NO2. The molecule has 3 heteroatoms. The molecule has 108 valence electrons. The molecule has 0 atom stereocenters. The maximum absolute atomic E-state index is 11.4. The highest BCUT2D eigenvalue weighted by Crippen LogP contribution is 2.36. The lowest BCUT2D eigenvalue weighted by atomic mass is 9.96. The van der Waals surface area contributed by atoms with E-state index in [1.807, 2.05) is 54.6 Å². The van der Waals surface area contributed by atoms with Gasteiger partial charge in [0.05, 0.1) is 10.3 Å². The lowest BCUT2D eigenvalue weighted by molar-refractivity contribution is -0.382. The lowest BCUT2D eigenvalue weighted by Gasteiger charge is -2.08. The molecule has 4 aromatic carbocycles. The van der Waals surface area contributed by atoms with Gasteiger partial charge in [0.1, 0.15) is 0 Å². The lowest BCUT2D eigenvalue weighted by Crippen LogP contribution is -1.91. The molecule has 0 fully saturated rings. The van der Waals surface area contributed by atoms with Gasteiger partial charge in [-0.05, 0) is 33.0 Å². The molecule has 0 aliphatic heterocycles. The number of nitro groups is 1. The Labute approximate surface area is 128 Å². The largest absolute Gasteiger partial charge is 0.277 e. The topological polar surface area (TPSA) is 43.1 Å². The molecule has 0 saturated heterocycles. The van der Waals surface area contributed by atoms with Crippen molar-refractivity contribution in [3.63, 3.8) is 0 Å². The highest BCUT2D eigenvalue weighted by atomic mass is 16.6. The summed E-state index contributed by atoms with van der Waals surface area (Å²) in [7, 11) is 0. The Morgan fingerprint density at radius 3 is 2.00 bits per heavy atom. The maximum atomic E-state index is 11.4. The van der Waals surface area contributed by atoms with Gasteiger partial charge in [-0.15, -0.1) is 0 Å². The highest BCUT2D eigenvalue weighted by molar-refractivity contribution is 6.19. The Hall–Kier alpha value is -2.94. The van der Waals surface area contributed by atoms with Crippen LogP contribution in [0.3, 0.4) is 0 Å². The summed E-state index contributed by atoms with van der Waals surface area (Å²) in [5.74, 6) is 0. The number of rotatable bonds is 1. The minimum atomic E-state index is -0.302. The van der Waals surface area contributed by atoms with Crippen molar-refractivity contribution in [1.29, 1.82) is 0 Å². The van der Waals surface area contributed by atoms with Crippen LogP contribution in [-0.2, 0) is 0 Å². The Bertz CT molecular complexity index is 1020. The third-order valence-corrected chi connectivity index (χ3v) is 3.94. The van der Waals surface area contributed by atoms with Crippen molar-refractivity contribution in [3.05, 3.63) is 76.8 Å². The number of hydrogen-bond acceptors (Lipinski definition) is 2. The van der Waals surface area contributed by atoms with Crippen molar-refractivity contribution < 1.29 is 4.92 Å². The first kappa shape index (κ1) is 14.0. The van der Waals surface area contributed by atoms with Crippen LogP contribution in [0.25, 0.3) is 32.3 Å². The van der Waals surface area contributed by atoms with E-state index in [9.17, 15) is 10.1 Å². The van der Waals surface area contributed by atoms with Crippen LogP contribution in [0.2, 0.25) is 0 Å². The van der Waals surface area contributed by atoms with Gasteiger partial charge in [0.2, 0.25) is 0 Å². The quantitative estimate of drug-likeness (QED) is 0.256. The first-order chi connectivity index (χ1) is 10.3. The van der Waals surface area contributed by atoms with Crippen molar-refractivity contribution in [2.24, 2.45) is 0 Å². The molecule has 0 aromatic heterocycles. The first-order valence-corrected chi connectivity index (χ1v) is 6.73. The van der Waals surface area contributed by atoms with Crippen molar-refractivity contribution in [2.45, 2.75) is 7.43 Å². The molecule has 22 heavy (non-hydrogen) atoms. The Balaban J connectivity index is 0.00000144. The Kier molecular flexibility index (Phi) is 3.26. The number of nitro benzene ring substituents is 1. The third kappa shape index (κ3) is 1.91. The van der Waals surface area contributed by atoms with Gasteiger partial charge in [0.25, 0.3) is 5.69 Å². The fourth-order valence-electron chi connectivity index (χ4n) is 2.99. The van der Waals surface area contributed by atoms with Gasteiger partial charge >= 0.3 is 0 Å². The molecule has 0 radical (unpaired) electrons. The van der Waals surface area contributed by atoms with Crippen LogP contribution in [0.5, 0.6) is 0 Å². The van der Waals surface area contributed by atoms with Crippen molar-refractivity contribution in [3.8, 4) is 0 Å². The molecular weight excluding hydrogens is 274 g/mol. The summed E-state index contributed by atoms with van der Waals surface area (Å²) in [6.07, 6.45) is 0. The maximum Gasteiger partial charge on any atom is 0.277 e. The summed E-state index contributed by atoms with van der Waals surface area (Å²) in [4.78, 5) is 11.1. The van der Waals surface area contributed by atoms with Crippen LogP contribution in [0, 0.1) is 10.1 Å². The second-order valence-electron chi connectivity index (χ2n) is 5.08. The van der Waals surface area contributed by atoms with Crippen LogP contribution in [0.15, 0.2) is 66.7 Å². The van der Waals surface area contributed by atoms with E-state index in [0.717, 1.165) is 26.9 Å². The minimum Gasteiger partial charge on any atom is -0.258 e. The number of benzene rings is 4. The van der Waals surface area contributed by atoms with E-state index in [-0.39, 0.29) is 18.0 Å². The predicted octanol–water partition coefficient (Wildman–Crippen LogP) is 5.69. The molecule has 0 N–H and O–H groups in total. The summed E-state index contributed by atoms with van der Waals surface area (Å²) < 4.78 is 0. The summed E-state index contributed by atoms with van der Waals surface area (Å²) in [5, 5.41) is 17.1. The molecule has 0 spiro atoms. The van der Waals surface area contributed by atoms with E-state index < -0.39 is 0 Å². The number of hydrogen-bond donors (Lipinski definition) is 0. The van der Waals surface area contributed by atoms with E-state index in [1.54, 1.807) is 6.07 Å². The zero-order valence-corrected chi connectivity index (χ0v) is 11.1. The average molecular weight is 289 g/mol. The van der Waals surface area contributed by atoms with Crippen LogP contribution in [0.4, 0.5) is 5.69 Å². The second-order valence-corrected chi connectivity index (χ2v) is 5.08. The number of fused-ring (bicyclic) bond motifs is 5. The number of nitrogens with zero attached hydrogens (tertiary/aromatic N) is 1. The highest BCUT2D eigenvalue weighted by Gasteiger charge is 2.15. The standard InChI is InChI=1S/C18H11NO2.CH4/c20-19(21)18-11-17-13-6-2-1-5-12(13)9-10-15(17)14-7-3-4-8-16(14)18;/h1-11H;1H4. The fourth-order valence-corrected chi connectivity index (χ4v) is 2.99. The molecule has 0 amide bonds. The van der Waals surface area contributed by atoms with Crippen LogP contribution >= 0.6 is 0 Å². The van der Waals surface area contributed by atoms with Crippen LogP contribution < -0.4 is 0 Å². The third-order valence-electron chi connectivity index (χ3n) is 3.94. The fraction of sp³-hybridized carbons (Fsp3) is 0.0526. The summed E-state index contributed by atoms with van der Waals surface area (Å²) in [6.45, 7) is 0. The molecule has 3 nitrogen and oxygen atoms in total. The second kappa shape index (κ2) is 5.11. The number of non-ortho nitro benzene ring substituents is 1. The van der Waals surface area contributed by atoms with Gasteiger partial charge in [0, 0.05) is 6.07 Å². The van der Waals surface area contributed by atoms with Gasteiger partial charge in [-0.2, -0.15) is 0 Å². The molecule has 0 bridgehead atoms. The SMILES string of the molecule is C.O=[N+]([O-])c1cc2c3ccccc3ccc2c2ccccc12. The van der Waals surface area contributed by atoms with Gasteiger partial charge in [0.15, 0.2) is 0 Å². The van der Waals surface area contributed by atoms with E-state index >= 15 is 0 Å². The first-order valence-electron chi connectivity index (χ1n) is 6.73. The van der Waals surface area contributed by atoms with Gasteiger partial charge < -0.3 is 0 Å². The Morgan fingerprint density at radius 1 is 0.682 bits per heavy atom. The Morgan fingerprint density at radius 2 is 1.27 bits per heavy atom. The summed E-state index contributed by atoms with van der Waals surface area (Å²) in [6, 6.07) is 21.3. The smallest absolute Gasteiger partial charge is 0.258 e. The molecule has 0 aliphatic carbocycles. The van der Waals surface area contributed by atoms with Gasteiger partial charge in [-0.1, -0.05) is 62.0 Å². The van der Waals surface area contributed by atoms with Crippen molar-refractivity contribution in [2.75, 3.05) is 0 Å². The summed E-state index contributed by atoms with van der Waals surface area (Å²) >= 11 is 0. The van der Waals surface area contributed by atoms with E-state index in [1.165, 1.54) is 0 Å². The molecule has 0 saturated carbocycles. The molecule has 4 rings (SSSR count). The molecule has 0 unspecified atom stereocenters. The van der Waals surface area contributed by atoms with E-state index in [0.29, 0.717) is 5.39 Å². The zero-order valence-electron chi connectivity index (χ0n) is 11.1. The summed E-state index contributed by atoms with van der Waals surface area (Å²) in [5.41, 5.74) is 0.162. The van der Waals surface area contributed by atoms with Crippen molar-refractivity contribution in [1.82, 2.24) is 0 Å². The monoisotopic (exact) mass is 289 g/mol. The minimum absolute atomic E-state index is 0. The van der Waals surface area contributed by atoms with Crippen LogP contribution in [0.1, 0.15) is 7.43 Å². The van der Waals surface area contributed by atoms with Crippen molar-refractivity contribution >= 4 is 38.0 Å². The zero-order chi connectivity index (χ0) is 14.4. The van der Waals surface area contributed by atoms with Gasteiger partial charge in [-0.3, -0.25) is 10.1 Å². The van der Waals surface area contributed by atoms with E-state index in [2.05, 4.69) is 6.07 Å². The predicted molar refractivity (Wildman–Crippen MR) is 92.3 cm³/mol. The average Bonchev–Trinajstić information content (AvgIpc) is 2.53. The molecule has 4 aromatic rings. The van der Waals surface area contributed by atoms with Crippen LogP contribution in [-0.4, -0.2) is 4.92 Å².